The Balaban J connectivity index is 0.00000154. The number of esters is 1. The van der Waals surface area contributed by atoms with Crippen LogP contribution in [-0.4, -0.2) is 54.1 Å². The highest BCUT2D eigenvalue weighted by molar-refractivity contribution is 8.02. The molecule has 1 heterocycles. The number of hydrogen-bond acceptors (Lipinski definition) is 6. The summed E-state index contributed by atoms with van der Waals surface area (Å²) in [7, 11) is 1.00. The number of hydrogen-bond donors (Lipinski definition) is 3. The maximum absolute atomic E-state index is 11.5. The van der Waals surface area contributed by atoms with Gasteiger partial charge in [-0.25, -0.2) is 4.79 Å². The molecule has 1 rings (SSSR count). The highest BCUT2D eigenvalue weighted by Gasteiger charge is 2.16. The first-order valence-corrected chi connectivity index (χ1v) is 7.10. The number of ether oxygens (including phenoxy) is 1. The van der Waals surface area contributed by atoms with Gasteiger partial charge in [0.25, 0.3) is 0 Å². The van der Waals surface area contributed by atoms with Crippen LogP contribution in [-0.2, 0) is 9.53 Å². The Hall–Kier alpha value is -1.05. The zero-order valence-corrected chi connectivity index (χ0v) is 12.4. The normalized spacial score (nSPS) is 17.7. The Bertz CT molecular complexity index is 330. The molecule has 0 bridgehead atoms. The van der Waals surface area contributed by atoms with E-state index in [0.717, 1.165) is 12.9 Å². The molecule has 1 unspecified atom stereocenters. The summed E-state index contributed by atoms with van der Waals surface area (Å²) in [5.41, 5.74) is 0.430. The van der Waals surface area contributed by atoms with E-state index in [1.165, 1.54) is 11.8 Å². The van der Waals surface area contributed by atoms with Crippen molar-refractivity contribution in [1.82, 2.24) is 5.32 Å². The van der Waals surface area contributed by atoms with E-state index in [9.17, 15) is 4.79 Å². The first-order chi connectivity index (χ1) is 9.13. The molecule has 0 amide bonds. The van der Waals surface area contributed by atoms with Crippen LogP contribution < -0.4 is 5.32 Å². The summed E-state index contributed by atoms with van der Waals surface area (Å²) in [6.45, 7) is 4.41. The molecule has 1 aliphatic heterocycles. The molecule has 0 spiro atoms. The Labute approximate surface area is 117 Å². The molecule has 0 radical (unpaired) electrons. The molecule has 6 nitrogen and oxygen atoms in total. The van der Waals surface area contributed by atoms with Crippen LogP contribution >= 0.6 is 11.8 Å². The third-order valence-electron chi connectivity index (χ3n) is 2.05. The molecule has 0 saturated carbocycles. The lowest BCUT2D eigenvalue weighted by atomic mass is 10.3. The van der Waals surface area contributed by atoms with Crippen molar-refractivity contribution in [3.8, 4) is 0 Å². The number of aliphatic hydroxyl groups is 2. The second-order valence-corrected chi connectivity index (χ2v) is 4.51. The Morgan fingerprint density at radius 3 is 2.89 bits per heavy atom. The monoisotopic (exact) mass is 290 g/mol. The number of carbonyl (C=O) groups excluding carboxylic acids is 1. The van der Waals surface area contributed by atoms with Crippen LogP contribution in [0.25, 0.3) is 0 Å². The summed E-state index contributed by atoms with van der Waals surface area (Å²) in [4.78, 5) is 15.8. The van der Waals surface area contributed by atoms with E-state index in [0.29, 0.717) is 31.0 Å². The zero-order valence-electron chi connectivity index (χ0n) is 11.5. The smallest absolute Gasteiger partial charge is 0.355 e. The third-order valence-corrected chi connectivity index (χ3v) is 2.89. The van der Waals surface area contributed by atoms with Gasteiger partial charge in [0.15, 0.2) is 0 Å². The molecule has 0 saturated heterocycles. The molecule has 3 N–H and O–H groups in total. The summed E-state index contributed by atoms with van der Waals surface area (Å²) < 4.78 is 4.89. The van der Waals surface area contributed by atoms with Gasteiger partial charge in [0, 0.05) is 19.1 Å². The Morgan fingerprint density at radius 1 is 1.63 bits per heavy atom. The van der Waals surface area contributed by atoms with E-state index in [2.05, 4.69) is 10.3 Å². The number of aliphatic imine (C=N–C) groups is 1. The summed E-state index contributed by atoms with van der Waals surface area (Å²) in [5, 5.41) is 20.8. The maximum atomic E-state index is 11.5. The predicted molar refractivity (Wildman–Crippen MR) is 77.1 cm³/mol. The summed E-state index contributed by atoms with van der Waals surface area (Å²) in [6.07, 6.45) is 0.268. The van der Waals surface area contributed by atoms with Crippen molar-refractivity contribution in [1.29, 1.82) is 0 Å². The van der Waals surface area contributed by atoms with E-state index in [1.807, 2.05) is 0 Å². The van der Waals surface area contributed by atoms with Crippen molar-refractivity contribution in [2.24, 2.45) is 4.99 Å². The summed E-state index contributed by atoms with van der Waals surface area (Å²) in [6, 6.07) is 0. The van der Waals surface area contributed by atoms with Crippen molar-refractivity contribution in [2.45, 2.75) is 26.4 Å². The number of aliphatic hydroxyl groups excluding tert-OH is 2. The highest BCUT2D eigenvalue weighted by Crippen LogP contribution is 2.13. The summed E-state index contributed by atoms with van der Waals surface area (Å²) in [5.74, 6) is 1.10. The van der Waals surface area contributed by atoms with Crippen molar-refractivity contribution < 1.29 is 19.7 Å². The van der Waals surface area contributed by atoms with Gasteiger partial charge in [0.2, 0.25) is 0 Å². The molecule has 0 aliphatic carbocycles. The number of nitrogens with one attached hydrogen (secondary N) is 1. The van der Waals surface area contributed by atoms with Crippen molar-refractivity contribution >= 4 is 23.6 Å². The number of thioether (sulfide) groups is 1. The standard InChI is InChI=1S/C11H18N2O3S.CH4O/c1-3-16-11(15)9-6-17-7-10(13-9)12-5-4-8(2)14;1-2/h6,8,14H,3-5,7H2,1-2H3,(H,12,13);2H,1H3. The number of carbonyl (C=O) groups is 1. The number of rotatable bonds is 5. The zero-order chi connectivity index (χ0) is 14.7. The molecule has 19 heavy (non-hydrogen) atoms. The van der Waals surface area contributed by atoms with Gasteiger partial charge < -0.3 is 20.3 Å². The fourth-order valence-electron chi connectivity index (χ4n) is 1.20. The Morgan fingerprint density at radius 2 is 2.32 bits per heavy atom. The van der Waals surface area contributed by atoms with Crippen molar-refractivity contribution in [3.05, 3.63) is 11.1 Å². The minimum Gasteiger partial charge on any atom is -0.461 e. The molecular weight excluding hydrogens is 268 g/mol. The number of nitrogens with zero attached hydrogens (tertiary/aromatic N) is 1. The quantitative estimate of drug-likeness (QED) is 0.639. The van der Waals surface area contributed by atoms with Gasteiger partial charge in [-0.3, -0.25) is 4.99 Å². The topological polar surface area (TPSA) is 91.2 Å². The molecule has 110 valence electrons. The van der Waals surface area contributed by atoms with Crippen molar-refractivity contribution in [3.63, 3.8) is 0 Å². The molecule has 0 aromatic rings. The molecule has 0 fully saturated rings. The molecule has 1 aliphatic rings. The van der Waals surface area contributed by atoms with Gasteiger partial charge in [0.1, 0.15) is 11.5 Å². The van der Waals surface area contributed by atoms with Gasteiger partial charge in [-0.1, -0.05) is 0 Å². The van der Waals surface area contributed by atoms with Crippen molar-refractivity contribution in [2.75, 3.05) is 26.0 Å². The van der Waals surface area contributed by atoms with Gasteiger partial charge in [0.05, 0.1) is 18.5 Å². The molecule has 1 atom stereocenters. The second-order valence-electron chi connectivity index (χ2n) is 3.65. The van der Waals surface area contributed by atoms with Crippen LogP contribution in [0.5, 0.6) is 0 Å². The highest BCUT2D eigenvalue weighted by atomic mass is 32.2. The lowest BCUT2D eigenvalue weighted by Gasteiger charge is -2.16. The minimum absolute atomic E-state index is 0.351. The van der Waals surface area contributed by atoms with Gasteiger partial charge >= 0.3 is 5.97 Å². The van der Waals surface area contributed by atoms with E-state index < -0.39 is 0 Å². The van der Waals surface area contributed by atoms with Crippen LogP contribution in [0.2, 0.25) is 0 Å². The van der Waals surface area contributed by atoms with Gasteiger partial charge in [-0.05, 0) is 20.3 Å². The van der Waals surface area contributed by atoms with E-state index >= 15 is 0 Å². The minimum atomic E-state index is -0.358. The average molecular weight is 290 g/mol. The molecule has 0 aromatic carbocycles. The Kier molecular flexibility index (Phi) is 10.2. The first-order valence-electron chi connectivity index (χ1n) is 6.05. The fourth-order valence-corrected chi connectivity index (χ4v) is 1.93. The van der Waals surface area contributed by atoms with E-state index in [4.69, 9.17) is 14.9 Å². The van der Waals surface area contributed by atoms with Gasteiger partial charge in [-0.2, -0.15) is 0 Å². The predicted octanol–water partition coefficient (Wildman–Crippen LogP) is 0.505. The summed E-state index contributed by atoms with van der Waals surface area (Å²) >= 11 is 1.51. The SMILES string of the molecule is CCOC(=O)C1=CSCC(=NCCC(C)O)N1.CO. The van der Waals surface area contributed by atoms with E-state index in [-0.39, 0.29) is 12.1 Å². The van der Waals surface area contributed by atoms with Crippen LogP contribution in [0.15, 0.2) is 16.1 Å². The van der Waals surface area contributed by atoms with Gasteiger partial charge in [-0.15, -0.1) is 11.8 Å². The molecular formula is C12H22N2O4S. The van der Waals surface area contributed by atoms with Crippen LogP contribution in [0, 0.1) is 0 Å². The van der Waals surface area contributed by atoms with Crippen LogP contribution in [0.3, 0.4) is 0 Å². The van der Waals surface area contributed by atoms with Crippen LogP contribution in [0.4, 0.5) is 0 Å². The third kappa shape index (κ3) is 7.86. The largest absolute Gasteiger partial charge is 0.461 e. The average Bonchev–Trinajstić information content (AvgIpc) is 2.41. The molecule has 0 aromatic heterocycles. The molecule has 7 heteroatoms. The van der Waals surface area contributed by atoms with Crippen LogP contribution in [0.1, 0.15) is 20.3 Å². The second kappa shape index (κ2) is 10.8. The lowest BCUT2D eigenvalue weighted by Crippen LogP contribution is -2.32. The van der Waals surface area contributed by atoms with E-state index in [1.54, 1.807) is 19.3 Å². The fraction of sp³-hybridized carbons (Fsp3) is 0.667. The lowest BCUT2D eigenvalue weighted by molar-refractivity contribution is -0.138. The number of amidine groups is 1. The first kappa shape index (κ1) is 17.9. The maximum Gasteiger partial charge on any atom is 0.355 e.